The lowest BCUT2D eigenvalue weighted by Crippen LogP contribution is -2.12. The van der Waals surface area contributed by atoms with Gasteiger partial charge in [-0.15, -0.1) is 0 Å². The van der Waals surface area contributed by atoms with Gasteiger partial charge in [0.15, 0.2) is 0 Å². The number of hydrogen-bond acceptors (Lipinski definition) is 4. The first-order chi connectivity index (χ1) is 20.6. The summed E-state index contributed by atoms with van der Waals surface area (Å²) in [6.07, 6.45) is 0. The van der Waals surface area contributed by atoms with E-state index in [1.54, 1.807) is 31.4 Å². The van der Waals surface area contributed by atoms with Crippen LogP contribution in [0.1, 0.15) is 52.7 Å². The maximum atomic E-state index is 12.9. The second-order valence-corrected chi connectivity index (χ2v) is 11.5. The van der Waals surface area contributed by atoms with Crippen LogP contribution in [0.4, 0.5) is 0 Å². The number of rotatable bonds is 10. The fraction of sp³-hybridized carbons (Fsp3) is 0.222. The van der Waals surface area contributed by atoms with Crippen molar-refractivity contribution in [2.45, 2.75) is 32.7 Å². The van der Waals surface area contributed by atoms with Crippen molar-refractivity contribution >= 4 is 22.8 Å². The van der Waals surface area contributed by atoms with Gasteiger partial charge in [-0.2, -0.15) is 0 Å². The van der Waals surface area contributed by atoms with Crippen LogP contribution < -0.4 is 4.74 Å². The number of nitrogens with zero attached hydrogens (tertiary/aromatic N) is 1. The van der Waals surface area contributed by atoms with Gasteiger partial charge in [0.2, 0.25) is 0 Å². The Morgan fingerprint density at radius 1 is 0.767 bits per heavy atom. The van der Waals surface area contributed by atoms with Gasteiger partial charge in [0.05, 0.1) is 12.2 Å². The summed E-state index contributed by atoms with van der Waals surface area (Å²) in [6, 6.07) is 28.3. The topological polar surface area (TPSA) is 98.0 Å². The number of carboxylic acid groups (broad SMARTS) is 2. The average Bonchev–Trinajstić information content (AvgIpc) is 3.31. The highest BCUT2D eigenvalue weighted by Gasteiger charge is 2.24. The van der Waals surface area contributed by atoms with Gasteiger partial charge in [0.25, 0.3) is 0 Å². The molecule has 2 N–H and O–H groups in total. The van der Waals surface area contributed by atoms with E-state index in [1.807, 2.05) is 59.2 Å². The van der Waals surface area contributed by atoms with Gasteiger partial charge in [-0.3, -0.25) is 0 Å². The predicted octanol–water partition coefficient (Wildman–Crippen LogP) is 7.74. The van der Waals surface area contributed by atoms with E-state index in [0.717, 1.165) is 33.2 Å². The van der Waals surface area contributed by atoms with E-state index in [1.165, 1.54) is 5.56 Å². The van der Waals surface area contributed by atoms with Crippen LogP contribution in [0.3, 0.4) is 0 Å². The van der Waals surface area contributed by atoms with Crippen LogP contribution in [0.2, 0.25) is 0 Å². The van der Waals surface area contributed by atoms with Crippen LogP contribution in [0.15, 0.2) is 91.0 Å². The number of carbonyl (C=O) groups is 2. The standard InChI is InChI=1S/C36H35NO6/c1-36(2,3)28-15-13-25(14-16-28)32-30-7-5-6-8-31(30)37(33(32)35(40)41)22-23-19-27(21-29(20-23)43-18-17-42-4)24-9-11-26(12-10-24)34(38)39/h5-16,19-21H,17-18,22H2,1-4H3,(H,38,39)(H,40,41). The van der Waals surface area contributed by atoms with Crippen LogP contribution in [-0.2, 0) is 16.7 Å². The van der Waals surface area contributed by atoms with Crippen LogP contribution in [0.25, 0.3) is 33.2 Å². The Bertz CT molecular complexity index is 1780. The maximum Gasteiger partial charge on any atom is 0.353 e. The Hall–Kier alpha value is -4.88. The summed E-state index contributed by atoms with van der Waals surface area (Å²) in [5.41, 5.74) is 6.38. The molecule has 1 aromatic heterocycles. The van der Waals surface area contributed by atoms with Gasteiger partial charge in [0.1, 0.15) is 18.1 Å². The molecule has 0 atom stereocenters. The number of ether oxygens (including phenoxy) is 2. The molecule has 0 saturated carbocycles. The first kappa shape index (κ1) is 29.6. The summed E-state index contributed by atoms with van der Waals surface area (Å²) in [5.74, 6) is -1.39. The van der Waals surface area contributed by atoms with Gasteiger partial charge in [0, 0.05) is 30.1 Å². The molecular weight excluding hydrogens is 542 g/mol. The lowest BCUT2D eigenvalue weighted by atomic mass is 9.86. The summed E-state index contributed by atoms with van der Waals surface area (Å²) in [7, 11) is 1.61. The third kappa shape index (κ3) is 6.32. The molecule has 1 heterocycles. The molecule has 220 valence electrons. The normalized spacial score (nSPS) is 11.5. The van der Waals surface area contributed by atoms with Crippen LogP contribution in [0, 0.1) is 0 Å². The summed E-state index contributed by atoms with van der Waals surface area (Å²) >= 11 is 0. The lowest BCUT2D eigenvalue weighted by Gasteiger charge is -2.19. The van der Waals surface area contributed by atoms with Gasteiger partial charge < -0.3 is 24.3 Å². The smallest absolute Gasteiger partial charge is 0.353 e. The zero-order chi connectivity index (χ0) is 30.7. The summed E-state index contributed by atoms with van der Waals surface area (Å²) in [6.45, 7) is 7.49. The van der Waals surface area contributed by atoms with E-state index < -0.39 is 11.9 Å². The Morgan fingerprint density at radius 2 is 1.44 bits per heavy atom. The van der Waals surface area contributed by atoms with Crippen LogP contribution in [0.5, 0.6) is 5.75 Å². The van der Waals surface area contributed by atoms with Crippen molar-refractivity contribution in [3.05, 3.63) is 113 Å². The molecule has 0 amide bonds. The molecule has 0 saturated heterocycles. The quantitative estimate of drug-likeness (QED) is 0.165. The van der Waals surface area contributed by atoms with Gasteiger partial charge >= 0.3 is 11.9 Å². The zero-order valence-electron chi connectivity index (χ0n) is 24.8. The third-order valence-corrected chi connectivity index (χ3v) is 7.54. The van der Waals surface area contributed by atoms with Crippen molar-refractivity contribution < 1.29 is 29.3 Å². The van der Waals surface area contributed by atoms with Crippen molar-refractivity contribution in [3.63, 3.8) is 0 Å². The molecule has 0 unspecified atom stereocenters. The van der Waals surface area contributed by atoms with E-state index in [0.29, 0.717) is 24.5 Å². The number of aromatic nitrogens is 1. The fourth-order valence-electron chi connectivity index (χ4n) is 5.35. The molecule has 7 heteroatoms. The molecule has 0 aliphatic rings. The molecule has 7 nitrogen and oxygen atoms in total. The van der Waals surface area contributed by atoms with Crippen molar-refractivity contribution in [2.24, 2.45) is 0 Å². The van der Waals surface area contributed by atoms with Crippen LogP contribution in [-0.4, -0.2) is 47.0 Å². The van der Waals surface area contributed by atoms with E-state index in [2.05, 4.69) is 32.9 Å². The van der Waals surface area contributed by atoms with Gasteiger partial charge in [-0.05, 0) is 69.6 Å². The van der Waals surface area contributed by atoms with E-state index in [9.17, 15) is 19.8 Å². The molecular formula is C36H35NO6. The molecule has 0 radical (unpaired) electrons. The molecule has 43 heavy (non-hydrogen) atoms. The van der Waals surface area contributed by atoms with Gasteiger partial charge in [-0.25, -0.2) is 9.59 Å². The number of aromatic carboxylic acids is 2. The highest BCUT2D eigenvalue weighted by molar-refractivity contribution is 6.08. The van der Waals surface area contributed by atoms with Crippen molar-refractivity contribution in [1.29, 1.82) is 0 Å². The third-order valence-electron chi connectivity index (χ3n) is 7.54. The number of fused-ring (bicyclic) bond motifs is 1. The SMILES string of the molecule is COCCOc1cc(Cn2c(C(=O)O)c(-c3ccc(C(C)(C)C)cc3)c3ccccc32)cc(-c2ccc(C(=O)O)cc2)c1. The Labute approximate surface area is 250 Å². The Balaban J connectivity index is 1.64. The number of para-hydroxylation sites is 1. The van der Waals surface area contributed by atoms with E-state index >= 15 is 0 Å². The van der Waals surface area contributed by atoms with Gasteiger partial charge in [-0.1, -0.05) is 75.4 Å². The minimum atomic E-state index is -1.01. The highest BCUT2D eigenvalue weighted by Crippen LogP contribution is 2.37. The summed E-state index contributed by atoms with van der Waals surface area (Å²) in [4.78, 5) is 24.3. The molecule has 0 fully saturated rings. The fourth-order valence-corrected chi connectivity index (χ4v) is 5.35. The van der Waals surface area contributed by atoms with Crippen molar-refractivity contribution in [3.8, 4) is 28.0 Å². The van der Waals surface area contributed by atoms with Crippen molar-refractivity contribution in [1.82, 2.24) is 4.57 Å². The molecule has 5 rings (SSSR count). The molecule has 5 aromatic rings. The summed E-state index contributed by atoms with van der Waals surface area (Å²) in [5, 5.41) is 20.8. The minimum absolute atomic E-state index is 0.0237. The molecule has 0 aliphatic carbocycles. The largest absolute Gasteiger partial charge is 0.491 e. The molecule has 4 aromatic carbocycles. The molecule has 0 spiro atoms. The number of carboxylic acids is 2. The number of methoxy groups -OCH3 is 1. The first-order valence-corrected chi connectivity index (χ1v) is 14.1. The highest BCUT2D eigenvalue weighted by atomic mass is 16.5. The second-order valence-electron chi connectivity index (χ2n) is 11.5. The summed E-state index contributed by atoms with van der Waals surface area (Å²) < 4.78 is 13.0. The van der Waals surface area contributed by atoms with Crippen LogP contribution >= 0.6 is 0 Å². The molecule has 0 aliphatic heterocycles. The Morgan fingerprint density at radius 3 is 2.07 bits per heavy atom. The predicted molar refractivity (Wildman–Crippen MR) is 168 cm³/mol. The van der Waals surface area contributed by atoms with E-state index in [-0.39, 0.29) is 23.2 Å². The first-order valence-electron chi connectivity index (χ1n) is 14.1. The second kappa shape index (κ2) is 12.2. The zero-order valence-corrected chi connectivity index (χ0v) is 24.8. The Kier molecular flexibility index (Phi) is 8.37. The lowest BCUT2D eigenvalue weighted by molar-refractivity contribution is 0.0680. The average molecular weight is 578 g/mol. The van der Waals surface area contributed by atoms with Crippen molar-refractivity contribution in [2.75, 3.05) is 20.3 Å². The maximum absolute atomic E-state index is 12.9. The van der Waals surface area contributed by atoms with E-state index in [4.69, 9.17) is 9.47 Å². The molecule has 0 bridgehead atoms. The number of hydrogen-bond donors (Lipinski definition) is 2. The number of benzene rings is 4. The minimum Gasteiger partial charge on any atom is -0.491 e. The monoisotopic (exact) mass is 577 g/mol.